The molecule has 1 aromatic heterocycles. The Hall–Kier alpha value is -2.63. The van der Waals surface area contributed by atoms with Crippen molar-refractivity contribution in [2.24, 2.45) is 5.92 Å². The third kappa shape index (κ3) is 3.49. The van der Waals surface area contributed by atoms with Gasteiger partial charge < -0.3 is 14.3 Å². The molecule has 1 aliphatic heterocycles. The lowest BCUT2D eigenvalue weighted by Crippen LogP contribution is -2.46. The summed E-state index contributed by atoms with van der Waals surface area (Å²) < 4.78 is 5.41. The van der Waals surface area contributed by atoms with Crippen molar-refractivity contribution in [1.29, 1.82) is 0 Å². The number of benzene rings is 1. The van der Waals surface area contributed by atoms with E-state index in [2.05, 4.69) is 5.16 Å². The fraction of sp³-hybridized carbons (Fsp3) is 0.450. The maximum Gasteiger partial charge on any atom is 0.227 e. The van der Waals surface area contributed by atoms with Gasteiger partial charge >= 0.3 is 0 Å². The molecule has 2 amide bonds. The summed E-state index contributed by atoms with van der Waals surface area (Å²) in [5.41, 5.74) is 1.69. The molecule has 1 saturated heterocycles. The maximum absolute atomic E-state index is 12.8. The monoisotopic (exact) mass is 353 g/mol. The summed E-state index contributed by atoms with van der Waals surface area (Å²) in [5, 5.41) is 4.09. The van der Waals surface area contributed by atoms with E-state index in [1.54, 1.807) is 11.9 Å². The fourth-order valence-corrected chi connectivity index (χ4v) is 3.57. The molecule has 2 aromatic rings. The Bertz CT molecular complexity index is 798. The SMILES string of the molecule is CN(Cc1cc(-c2ccccc2)on1)C(=O)[C@H]1CCC(=O)N(C2CC2)C1. The zero-order valence-corrected chi connectivity index (χ0v) is 14.9. The normalized spacial score (nSPS) is 20.3. The van der Waals surface area contributed by atoms with Crippen molar-refractivity contribution in [1.82, 2.24) is 15.0 Å². The van der Waals surface area contributed by atoms with Gasteiger partial charge in [0.15, 0.2) is 5.76 Å². The highest BCUT2D eigenvalue weighted by Gasteiger charge is 2.39. The van der Waals surface area contributed by atoms with E-state index in [0.717, 1.165) is 24.1 Å². The second-order valence-electron chi connectivity index (χ2n) is 7.26. The summed E-state index contributed by atoms with van der Waals surface area (Å²) in [7, 11) is 1.79. The molecule has 1 saturated carbocycles. The molecule has 6 nitrogen and oxygen atoms in total. The van der Waals surface area contributed by atoms with Crippen LogP contribution in [-0.2, 0) is 16.1 Å². The van der Waals surface area contributed by atoms with Crippen molar-refractivity contribution in [2.45, 2.75) is 38.3 Å². The highest BCUT2D eigenvalue weighted by molar-refractivity contribution is 5.84. The minimum atomic E-state index is -0.112. The van der Waals surface area contributed by atoms with Gasteiger partial charge in [-0.1, -0.05) is 35.5 Å². The van der Waals surface area contributed by atoms with Crippen LogP contribution in [0, 0.1) is 5.92 Å². The maximum atomic E-state index is 12.8. The summed E-state index contributed by atoms with van der Waals surface area (Å²) >= 11 is 0. The smallest absolute Gasteiger partial charge is 0.227 e. The Morgan fingerprint density at radius 1 is 1.27 bits per heavy atom. The fourth-order valence-electron chi connectivity index (χ4n) is 3.57. The van der Waals surface area contributed by atoms with Crippen LogP contribution in [0.3, 0.4) is 0 Å². The first-order valence-corrected chi connectivity index (χ1v) is 9.17. The lowest BCUT2D eigenvalue weighted by atomic mass is 9.96. The van der Waals surface area contributed by atoms with Gasteiger partial charge in [-0.2, -0.15) is 0 Å². The number of hydrogen-bond acceptors (Lipinski definition) is 4. The first-order chi connectivity index (χ1) is 12.6. The lowest BCUT2D eigenvalue weighted by molar-refractivity contribution is -0.143. The van der Waals surface area contributed by atoms with Gasteiger partial charge in [0, 0.05) is 37.7 Å². The zero-order valence-electron chi connectivity index (χ0n) is 14.9. The number of nitrogens with zero attached hydrogens (tertiary/aromatic N) is 3. The highest BCUT2D eigenvalue weighted by atomic mass is 16.5. The minimum Gasteiger partial charge on any atom is -0.356 e. The molecule has 0 radical (unpaired) electrons. The molecule has 6 heteroatoms. The average Bonchev–Trinajstić information content (AvgIpc) is 3.41. The van der Waals surface area contributed by atoms with Crippen LogP contribution < -0.4 is 0 Å². The molecule has 0 N–H and O–H groups in total. The lowest BCUT2D eigenvalue weighted by Gasteiger charge is -2.33. The van der Waals surface area contributed by atoms with Crippen LogP contribution >= 0.6 is 0 Å². The van der Waals surface area contributed by atoms with Crippen molar-refractivity contribution < 1.29 is 14.1 Å². The molecule has 1 aliphatic carbocycles. The predicted molar refractivity (Wildman–Crippen MR) is 95.9 cm³/mol. The molecule has 1 atom stereocenters. The number of carbonyl (C=O) groups is 2. The number of likely N-dealkylation sites (tertiary alicyclic amines) is 1. The van der Waals surface area contributed by atoms with E-state index < -0.39 is 0 Å². The van der Waals surface area contributed by atoms with E-state index in [1.807, 2.05) is 41.3 Å². The largest absolute Gasteiger partial charge is 0.356 e. The Balaban J connectivity index is 1.38. The van der Waals surface area contributed by atoms with Crippen LogP contribution in [0.25, 0.3) is 11.3 Å². The Labute approximate surface area is 152 Å². The molecule has 0 spiro atoms. The van der Waals surface area contributed by atoms with E-state index in [-0.39, 0.29) is 17.7 Å². The van der Waals surface area contributed by atoms with Crippen molar-refractivity contribution in [3.63, 3.8) is 0 Å². The quantitative estimate of drug-likeness (QED) is 0.829. The zero-order chi connectivity index (χ0) is 18.1. The summed E-state index contributed by atoms with van der Waals surface area (Å²) in [6.45, 7) is 0.962. The molecule has 0 bridgehead atoms. The molecule has 136 valence electrons. The van der Waals surface area contributed by atoms with Crippen molar-refractivity contribution >= 4 is 11.8 Å². The highest BCUT2D eigenvalue weighted by Crippen LogP contribution is 2.32. The molecular formula is C20H23N3O3. The van der Waals surface area contributed by atoms with Crippen LogP contribution in [0.1, 0.15) is 31.4 Å². The van der Waals surface area contributed by atoms with E-state index >= 15 is 0 Å². The van der Waals surface area contributed by atoms with Gasteiger partial charge in [-0.05, 0) is 19.3 Å². The van der Waals surface area contributed by atoms with Crippen molar-refractivity contribution in [3.8, 4) is 11.3 Å². The topological polar surface area (TPSA) is 66.7 Å². The molecule has 1 aromatic carbocycles. The molecule has 4 rings (SSSR count). The number of carbonyl (C=O) groups excluding carboxylic acids is 2. The third-order valence-electron chi connectivity index (χ3n) is 5.17. The Morgan fingerprint density at radius 2 is 2.04 bits per heavy atom. The van der Waals surface area contributed by atoms with Crippen LogP contribution in [0.15, 0.2) is 40.9 Å². The predicted octanol–water partition coefficient (Wildman–Crippen LogP) is 2.70. The summed E-state index contributed by atoms with van der Waals surface area (Å²) in [6.07, 6.45) is 3.26. The second kappa shape index (κ2) is 6.94. The molecule has 26 heavy (non-hydrogen) atoms. The van der Waals surface area contributed by atoms with Crippen molar-refractivity contribution in [2.75, 3.05) is 13.6 Å². The first kappa shape index (κ1) is 16.8. The van der Waals surface area contributed by atoms with Gasteiger partial charge in [0.2, 0.25) is 11.8 Å². The van der Waals surface area contributed by atoms with Crippen LogP contribution in [0.2, 0.25) is 0 Å². The van der Waals surface area contributed by atoms with Gasteiger partial charge in [0.05, 0.1) is 12.5 Å². The van der Waals surface area contributed by atoms with Crippen LogP contribution in [0.4, 0.5) is 0 Å². The summed E-state index contributed by atoms with van der Waals surface area (Å²) in [4.78, 5) is 28.4. The van der Waals surface area contributed by atoms with E-state index in [0.29, 0.717) is 37.7 Å². The molecule has 2 heterocycles. The number of hydrogen-bond donors (Lipinski definition) is 0. The van der Waals surface area contributed by atoms with Crippen LogP contribution in [0.5, 0.6) is 0 Å². The average molecular weight is 353 g/mol. The van der Waals surface area contributed by atoms with Gasteiger partial charge in [-0.15, -0.1) is 0 Å². The third-order valence-corrected chi connectivity index (χ3v) is 5.17. The number of amides is 2. The number of rotatable bonds is 5. The Morgan fingerprint density at radius 3 is 2.77 bits per heavy atom. The van der Waals surface area contributed by atoms with Gasteiger partial charge in [0.25, 0.3) is 0 Å². The molecule has 2 fully saturated rings. The molecule has 2 aliphatic rings. The van der Waals surface area contributed by atoms with E-state index in [1.165, 1.54) is 0 Å². The summed E-state index contributed by atoms with van der Waals surface area (Å²) in [6, 6.07) is 12.0. The van der Waals surface area contributed by atoms with E-state index in [4.69, 9.17) is 4.52 Å². The number of aromatic nitrogens is 1. The standard InChI is InChI=1S/C20H23N3O3/c1-22(13-16-11-18(26-21-16)14-5-3-2-4-6-14)20(25)15-7-10-19(24)23(12-15)17-8-9-17/h2-6,11,15,17H,7-10,12-13H2,1H3/t15-/m0/s1. The first-order valence-electron chi connectivity index (χ1n) is 9.17. The van der Waals surface area contributed by atoms with Gasteiger partial charge in [0.1, 0.15) is 5.69 Å². The van der Waals surface area contributed by atoms with E-state index in [9.17, 15) is 9.59 Å². The number of piperidine rings is 1. The Kier molecular flexibility index (Phi) is 4.49. The second-order valence-corrected chi connectivity index (χ2v) is 7.26. The van der Waals surface area contributed by atoms with Crippen LogP contribution in [-0.4, -0.2) is 46.4 Å². The molecule has 0 unspecified atom stereocenters. The molecular weight excluding hydrogens is 330 g/mol. The minimum absolute atomic E-state index is 0.0763. The summed E-state index contributed by atoms with van der Waals surface area (Å²) in [5.74, 6) is 0.860. The van der Waals surface area contributed by atoms with Gasteiger partial charge in [-0.25, -0.2) is 0 Å². The van der Waals surface area contributed by atoms with Crippen molar-refractivity contribution in [3.05, 3.63) is 42.1 Å². The van der Waals surface area contributed by atoms with Gasteiger partial charge in [-0.3, -0.25) is 9.59 Å².